The fraction of sp³-hybridized carbons (Fsp3) is 0.263. The van der Waals surface area contributed by atoms with Crippen LogP contribution in [0.3, 0.4) is 0 Å². The lowest BCUT2D eigenvalue weighted by Crippen LogP contribution is -2.28. The zero-order valence-electron chi connectivity index (χ0n) is 15.2. The first-order valence-corrected chi connectivity index (χ1v) is 7.96. The highest BCUT2D eigenvalue weighted by Crippen LogP contribution is 2.38. The van der Waals surface area contributed by atoms with Gasteiger partial charge in [-0.3, -0.25) is 4.79 Å². The van der Waals surface area contributed by atoms with Crippen molar-refractivity contribution in [3.05, 3.63) is 53.3 Å². The fourth-order valence-corrected chi connectivity index (χ4v) is 2.27. The molecule has 0 aliphatic rings. The predicted octanol–water partition coefficient (Wildman–Crippen LogP) is 2.32. The molecule has 0 radical (unpaired) electrons. The third kappa shape index (κ3) is 5.34. The lowest BCUT2D eigenvalue weighted by atomic mass is 10.2. The molecule has 1 amide bonds. The molecule has 0 heterocycles. The summed E-state index contributed by atoms with van der Waals surface area (Å²) in [6.45, 7) is -0.266. The van der Waals surface area contributed by atoms with Crippen LogP contribution in [0.4, 0.5) is 4.39 Å². The Morgan fingerprint density at radius 1 is 0.963 bits per heavy atom. The first-order chi connectivity index (χ1) is 13.0. The van der Waals surface area contributed by atoms with Gasteiger partial charge < -0.3 is 24.3 Å². The molecule has 1 N–H and O–H groups in total. The lowest BCUT2D eigenvalue weighted by molar-refractivity contribution is -0.124. The third-order valence-corrected chi connectivity index (χ3v) is 3.64. The molecule has 0 saturated carbocycles. The minimum Gasteiger partial charge on any atom is -0.493 e. The number of nitrogens with one attached hydrogen (secondary N) is 1. The van der Waals surface area contributed by atoms with E-state index < -0.39 is 18.5 Å². The number of rotatable bonds is 8. The van der Waals surface area contributed by atoms with Crippen molar-refractivity contribution in [3.8, 4) is 17.2 Å². The van der Waals surface area contributed by atoms with Gasteiger partial charge in [0, 0.05) is 6.54 Å². The van der Waals surface area contributed by atoms with Crippen molar-refractivity contribution in [2.45, 2.75) is 6.54 Å². The Morgan fingerprint density at radius 3 is 2.07 bits per heavy atom. The van der Waals surface area contributed by atoms with Gasteiger partial charge in [-0.25, -0.2) is 9.18 Å². The predicted molar refractivity (Wildman–Crippen MR) is 94.6 cm³/mol. The molecular formula is C19H20FNO6. The largest absolute Gasteiger partial charge is 0.493 e. The van der Waals surface area contributed by atoms with E-state index in [1.807, 2.05) is 0 Å². The molecular weight excluding hydrogens is 357 g/mol. The van der Waals surface area contributed by atoms with Gasteiger partial charge >= 0.3 is 5.97 Å². The molecule has 0 unspecified atom stereocenters. The Hall–Kier alpha value is -3.29. The number of ether oxygens (including phenoxy) is 4. The first-order valence-electron chi connectivity index (χ1n) is 7.96. The number of carbonyl (C=O) groups is 2. The molecule has 8 heteroatoms. The normalized spacial score (nSPS) is 10.1. The Labute approximate surface area is 156 Å². The second-order valence-corrected chi connectivity index (χ2v) is 5.39. The minimum absolute atomic E-state index is 0.149. The van der Waals surface area contributed by atoms with E-state index in [-0.39, 0.29) is 17.9 Å². The molecule has 2 aromatic carbocycles. The van der Waals surface area contributed by atoms with Gasteiger partial charge in [0.05, 0.1) is 26.9 Å². The van der Waals surface area contributed by atoms with Crippen molar-refractivity contribution in [3.63, 3.8) is 0 Å². The summed E-state index contributed by atoms with van der Waals surface area (Å²) in [4.78, 5) is 24.0. The van der Waals surface area contributed by atoms with Crippen molar-refractivity contribution >= 4 is 11.9 Å². The number of halogens is 1. The monoisotopic (exact) mass is 377 g/mol. The number of methoxy groups -OCH3 is 3. The SMILES string of the molecule is COc1cc(C(=O)OCC(=O)NCc2ccc(F)cc2)cc(OC)c1OC. The molecule has 0 bridgehead atoms. The maximum atomic E-state index is 12.8. The molecule has 27 heavy (non-hydrogen) atoms. The summed E-state index contributed by atoms with van der Waals surface area (Å²) in [5.74, 6) is -0.627. The molecule has 2 aromatic rings. The van der Waals surface area contributed by atoms with Crippen LogP contribution in [-0.2, 0) is 16.1 Å². The summed E-state index contributed by atoms with van der Waals surface area (Å²) in [6.07, 6.45) is 0. The molecule has 0 saturated heterocycles. The van der Waals surface area contributed by atoms with Crippen LogP contribution < -0.4 is 19.5 Å². The third-order valence-electron chi connectivity index (χ3n) is 3.64. The van der Waals surface area contributed by atoms with E-state index in [2.05, 4.69) is 5.32 Å². The number of hydrogen-bond donors (Lipinski definition) is 1. The van der Waals surface area contributed by atoms with Crippen LogP contribution in [0.15, 0.2) is 36.4 Å². The molecule has 0 aliphatic carbocycles. The van der Waals surface area contributed by atoms with E-state index in [4.69, 9.17) is 18.9 Å². The number of amides is 1. The highest BCUT2D eigenvalue weighted by Gasteiger charge is 2.18. The van der Waals surface area contributed by atoms with Gasteiger partial charge in [0.15, 0.2) is 18.1 Å². The quantitative estimate of drug-likeness (QED) is 0.711. The summed E-state index contributed by atoms with van der Waals surface area (Å²) >= 11 is 0. The van der Waals surface area contributed by atoms with Crippen molar-refractivity contribution in [1.82, 2.24) is 5.32 Å². The average molecular weight is 377 g/mol. The molecule has 0 aromatic heterocycles. The van der Waals surface area contributed by atoms with Crippen molar-refractivity contribution in [2.24, 2.45) is 0 Å². The molecule has 144 valence electrons. The fourth-order valence-electron chi connectivity index (χ4n) is 2.27. The van der Waals surface area contributed by atoms with E-state index in [0.29, 0.717) is 17.2 Å². The minimum atomic E-state index is -0.716. The highest BCUT2D eigenvalue weighted by molar-refractivity contribution is 5.92. The van der Waals surface area contributed by atoms with Crippen LogP contribution in [0.5, 0.6) is 17.2 Å². The van der Waals surface area contributed by atoms with Gasteiger partial charge in [-0.05, 0) is 29.8 Å². The zero-order valence-corrected chi connectivity index (χ0v) is 15.2. The zero-order chi connectivity index (χ0) is 19.8. The van der Waals surface area contributed by atoms with Crippen LogP contribution in [-0.4, -0.2) is 39.8 Å². The van der Waals surface area contributed by atoms with E-state index in [1.165, 1.54) is 45.6 Å². The molecule has 2 rings (SSSR count). The van der Waals surface area contributed by atoms with E-state index >= 15 is 0 Å². The molecule has 0 spiro atoms. The summed E-state index contributed by atoms with van der Waals surface area (Å²) in [6, 6.07) is 8.56. The van der Waals surface area contributed by atoms with Gasteiger partial charge in [0.1, 0.15) is 5.82 Å². The Balaban J connectivity index is 1.94. The van der Waals surface area contributed by atoms with E-state index in [9.17, 15) is 14.0 Å². The summed E-state index contributed by atoms with van der Waals surface area (Å²) in [7, 11) is 4.30. The standard InChI is InChI=1S/C19H20FNO6/c1-24-15-8-13(9-16(25-2)18(15)26-3)19(23)27-11-17(22)21-10-12-4-6-14(20)7-5-12/h4-9H,10-11H2,1-3H3,(H,21,22). The molecule has 0 aliphatic heterocycles. The van der Waals surface area contributed by atoms with Crippen molar-refractivity contribution < 1.29 is 32.9 Å². The van der Waals surface area contributed by atoms with Gasteiger partial charge in [-0.2, -0.15) is 0 Å². The second-order valence-electron chi connectivity index (χ2n) is 5.39. The van der Waals surface area contributed by atoms with E-state index in [0.717, 1.165) is 5.56 Å². The number of carbonyl (C=O) groups excluding carboxylic acids is 2. The van der Waals surface area contributed by atoms with Crippen LogP contribution in [0.2, 0.25) is 0 Å². The van der Waals surface area contributed by atoms with Gasteiger partial charge in [-0.15, -0.1) is 0 Å². The summed E-state index contributed by atoms with van der Waals surface area (Å²) < 4.78 is 33.4. The number of benzene rings is 2. The number of hydrogen-bond acceptors (Lipinski definition) is 6. The Morgan fingerprint density at radius 2 is 1.56 bits per heavy atom. The smallest absolute Gasteiger partial charge is 0.338 e. The second kappa shape index (κ2) is 9.42. The Bertz CT molecular complexity index is 781. The number of esters is 1. The van der Waals surface area contributed by atoms with E-state index in [1.54, 1.807) is 12.1 Å². The summed E-state index contributed by atoms with van der Waals surface area (Å²) in [5.41, 5.74) is 0.872. The molecule has 7 nitrogen and oxygen atoms in total. The maximum absolute atomic E-state index is 12.8. The maximum Gasteiger partial charge on any atom is 0.338 e. The Kier molecular flexibility index (Phi) is 6.99. The van der Waals surface area contributed by atoms with Crippen LogP contribution >= 0.6 is 0 Å². The summed E-state index contributed by atoms with van der Waals surface area (Å²) in [5, 5.41) is 2.58. The lowest BCUT2D eigenvalue weighted by Gasteiger charge is -2.13. The molecule has 0 fully saturated rings. The topological polar surface area (TPSA) is 83.1 Å². The average Bonchev–Trinajstić information content (AvgIpc) is 2.70. The van der Waals surface area contributed by atoms with Crippen LogP contribution in [0.25, 0.3) is 0 Å². The first kappa shape index (κ1) is 20.0. The van der Waals surface area contributed by atoms with Crippen molar-refractivity contribution in [1.29, 1.82) is 0 Å². The van der Waals surface area contributed by atoms with Crippen molar-refractivity contribution in [2.75, 3.05) is 27.9 Å². The van der Waals surface area contributed by atoms with Crippen LogP contribution in [0.1, 0.15) is 15.9 Å². The van der Waals surface area contributed by atoms with Gasteiger partial charge in [0.2, 0.25) is 5.75 Å². The highest BCUT2D eigenvalue weighted by atomic mass is 19.1. The van der Waals surface area contributed by atoms with Crippen LogP contribution in [0, 0.1) is 5.82 Å². The molecule has 0 atom stereocenters. The van der Waals surface area contributed by atoms with Gasteiger partial charge in [-0.1, -0.05) is 12.1 Å². The van der Waals surface area contributed by atoms with Gasteiger partial charge in [0.25, 0.3) is 5.91 Å².